The zero-order valence-corrected chi connectivity index (χ0v) is 14.1. The van der Waals surface area contributed by atoms with Gasteiger partial charge in [0.25, 0.3) is 0 Å². The maximum Gasteiger partial charge on any atom is 0.314 e. The van der Waals surface area contributed by atoms with E-state index in [1.807, 2.05) is 24.3 Å². The number of ether oxygens (including phenoxy) is 1. The van der Waals surface area contributed by atoms with E-state index in [-0.39, 0.29) is 11.8 Å². The van der Waals surface area contributed by atoms with Crippen LogP contribution in [0.2, 0.25) is 0 Å². The van der Waals surface area contributed by atoms with Crippen molar-refractivity contribution in [2.24, 2.45) is 0 Å². The Hall–Kier alpha value is -2.08. The van der Waals surface area contributed by atoms with E-state index in [1.165, 1.54) is 12.1 Å². The Labute approximate surface area is 143 Å². The standard InChI is InChI=1S/C17H18BrFN2O2/c18-14-2-1-3-16(12-14)23-11-10-21-17(22)20-9-8-13-4-6-15(19)7-5-13/h1-7,12H,8-11H2,(H2,20,21,22). The van der Waals surface area contributed by atoms with E-state index in [1.54, 1.807) is 12.1 Å². The monoisotopic (exact) mass is 380 g/mol. The lowest BCUT2D eigenvalue weighted by Gasteiger charge is -2.09. The van der Waals surface area contributed by atoms with Gasteiger partial charge < -0.3 is 15.4 Å². The molecule has 4 nitrogen and oxygen atoms in total. The Morgan fingerprint density at radius 3 is 2.57 bits per heavy atom. The minimum atomic E-state index is -0.259. The number of hydrogen-bond donors (Lipinski definition) is 2. The van der Waals surface area contributed by atoms with Crippen LogP contribution >= 0.6 is 15.9 Å². The Kier molecular flexibility index (Phi) is 6.87. The van der Waals surface area contributed by atoms with Crippen molar-refractivity contribution in [2.75, 3.05) is 19.7 Å². The van der Waals surface area contributed by atoms with Gasteiger partial charge >= 0.3 is 6.03 Å². The number of benzene rings is 2. The minimum Gasteiger partial charge on any atom is -0.492 e. The smallest absolute Gasteiger partial charge is 0.314 e. The molecule has 2 N–H and O–H groups in total. The second kappa shape index (κ2) is 9.15. The summed E-state index contributed by atoms with van der Waals surface area (Å²) < 4.78 is 19.2. The normalized spacial score (nSPS) is 10.2. The summed E-state index contributed by atoms with van der Waals surface area (Å²) in [5.41, 5.74) is 0.977. The van der Waals surface area contributed by atoms with Crippen molar-refractivity contribution in [3.05, 3.63) is 64.4 Å². The summed E-state index contributed by atoms with van der Waals surface area (Å²) in [6.45, 7) is 1.29. The van der Waals surface area contributed by atoms with Crippen LogP contribution in [-0.2, 0) is 6.42 Å². The van der Waals surface area contributed by atoms with E-state index in [0.29, 0.717) is 26.1 Å². The average molecular weight is 381 g/mol. The molecule has 0 bridgehead atoms. The first-order chi connectivity index (χ1) is 11.1. The van der Waals surface area contributed by atoms with E-state index in [9.17, 15) is 9.18 Å². The molecule has 0 heterocycles. The van der Waals surface area contributed by atoms with Gasteiger partial charge in [0.05, 0.1) is 6.54 Å². The second-order valence-electron chi connectivity index (χ2n) is 4.86. The summed E-state index contributed by atoms with van der Waals surface area (Å²) in [5, 5.41) is 5.46. The molecule has 0 atom stereocenters. The third-order valence-corrected chi connectivity index (χ3v) is 3.56. The third kappa shape index (κ3) is 6.69. The molecule has 0 saturated heterocycles. The van der Waals surface area contributed by atoms with E-state index in [4.69, 9.17) is 4.74 Å². The van der Waals surface area contributed by atoms with Crippen molar-refractivity contribution >= 4 is 22.0 Å². The summed E-state index contributed by atoms with van der Waals surface area (Å²) in [6, 6.07) is 13.5. The topological polar surface area (TPSA) is 50.4 Å². The molecule has 0 aliphatic carbocycles. The highest BCUT2D eigenvalue weighted by molar-refractivity contribution is 9.10. The van der Waals surface area contributed by atoms with Gasteiger partial charge in [0.15, 0.2) is 0 Å². The number of halogens is 2. The fourth-order valence-electron chi connectivity index (χ4n) is 1.92. The Morgan fingerprint density at radius 2 is 1.83 bits per heavy atom. The van der Waals surface area contributed by atoms with Crippen LogP contribution in [0, 0.1) is 5.82 Å². The van der Waals surface area contributed by atoms with Crippen LogP contribution in [0.4, 0.5) is 9.18 Å². The van der Waals surface area contributed by atoms with Gasteiger partial charge in [0.2, 0.25) is 0 Å². The van der Waals surface area contributed by atoms with E-state index in [2.05, 4.69) is 26.6 Å². The van der Waals surface area contributed by atoms with Gasteiger partial charge in [0.1, 0.15) is 18.2 Å². The van der Waals surface area contributed by atoms with Crippen LogP contribution in [0.3, 0.4) is 0 Å². The maximum absolute atomic E-state index is 12.8. The van der Waals surface area contributed by atoms with Crippen molar-refractivity contribution in [3.63, 3.8) is 0 Å². The lowest BCUT2D eigenvalue weighted by atomic mass is 10.1. The summed E-state index contributed by atoms with van der Waals surface area (Å²) in [7, 11) is 0. The lowest BCUT2D eigenvalue weighted by molar-refractivity contribution is 0.236. The molecule has 122 valence electrons. The first kappa shape index (κ1) is 17.3. The zero-order valence-electron chi connectivity index (χ0n) is 12.5. The van der Waals surface area contributed by atoms with Crippen molar-refractivity contribution in [1.29, 1.82) is 0 Å². The first-order valence-electron chi connectivity index (χ1n) is 7.28. The molecule has 2 amide bonds. The number of carbonyl (C=O) groups is 1. The number of nitrogens with one attached hydrogen (secondary N) is 2. The number of amides is 2. The number of carbonyl (C=O) groups excluding carboxylic acids is 1. The zero-order chi connectivity index (χ0) is 16.5. The van der Waals surface area contributed by atoms with Gasteiger partial charge in [-0.15, -0.1) is 0 Å². The molecular formula is C17H18BrFN2O2. The maximum atomic E-state index is 12.8. The highest BCUT2D eigenvalue weighted by Gasteiger charge is 2.00. The van der Waals surface area contributed by atoms with Gasteiger partial charge in [-0.3, -0.25) is 0 Å². The predicted molar refractivity (Wildman–Crippen MR) is 91.1 cm³/mol. The molecule has 0 fully saturated rings. The Morgan fingerprint density at radius 1 is 1.09 bits per heavy atom. The van der Waals surface area contributed by atoms with Crippen molar-refractivity contribution < 1.29 is 13.9 Å². The largest absolute Gasteiger partial charge is 0.492 e. The molecular weight excluding hydrogens is 363 g/mol. The molecule has 6 heteroatoms. The predicted octanol–water partition coefficient (Wildman–Crippen LogP) is 3.51. The number of rotatable bonds is 7. The van der Waals surface area contributed by atoms with E-state index >= 15 is 0 Å². The molecule has 0 aliphatic rings. The fraction of sp³-hybridized carbons (Fsp3) is 0.235. The molecule has 0 aromatic heterocycles. The number of urea groups is 1. The van der Waals surface area contributed by atoms with Gasteiger partial charge in [-0.05, 0) is 42.3 Å². The average Bonchev–Trinajstić information content (AvgIpc) is 2.54. The highest BCUT2D eigenvalue weighted by Crippen LogP contribution is 2.17. The van der Waals surface area contributed by atoms with Crippen LogP contribution in [-0.4, -0.2) is 25.7 Å². The first-order valence-corrected chi connectivity index (χ1v) is 8.07. The van der Waals surface area contributed by atoms with Crippen molar-refractivity contribution in [1.82, 2.24) is 10.6 Å². The van der Waals surface area contributed by atoms with E-state index < -0.39 is 0 Å². The SMILES string of the molecule is O=C(NCCOc1cccc(Br)c1)NCCc1ccc(F)cc1. The fourth-order valence-corrected chi connectivity index (χ4v) is 2.30. The van der Waals surface area contributed by atoms with E-state index in [0.717, 1.165) is 15.8 Å². The Balaban J connectivity index is 1.57. The van der Waals surface area contributed by atoms with Crippen molar-refractivity contribution in [2.45, 2.75) is 6.42 Å². The quantitative estimate of drug-likeness (QED) is 0.722. The van der Waals surface area contributed by atoms with Gasteiger partial charge in [-0.25, -0.2) is 9.18 Å². The van der Waals surface area contributed by atoms with Gasteiger partial charge in [-0.2, -0.15) is 0 Å². The molecule has 0 aliphatic heterocycles. The molecule has 23 heavy (non-hydrogen) atoms. The second-order valence-corrected chi connectivity index (χ2v) is 5.78. The minimum absolute atomic E-state index is 0.245. The molecule has 0 spiro atoms. The molecule has 0 saturated carbocycles. The van der Waals surface area contributed by atoms with Crippen LogP contribution < -0.4 is 15.4 Å². The van der Waals surface area contributed by atoms with Crippen LogP contribution in [0.15, 0.2) is 53.0 Å². The van der Waals surface area contributed by atoms with Crippen LogP contribution in [0.1, 0.15) is 5.56 Å². The third-order valence-electron chi connectivity index (χ3n) is 3.06. The molecule has 2 aromatic carbocycles. The summed E-state index contributed by atoms with van der Waals surface area (Å²) >= 11 is 3.37. The summed E-state index contributed by atoms with van der Waals surface area (Å²) in [6.07, 6.45) is 0.655. The Bertz CT molecular complexity index is 635. The number of hydrogen-bond acceptors (Lipinski definition) is 2. The molecule has 2 aromatic rings. The highest BCUT2D eigenvalue weighted by atomic mass is 79.9. The molecule has 0 unspecified atom stereocenters. The molecule has 0 radical (unpaired) electrons. The lowest BCUT2D eigenvalue weighted by Crippen LogP contribution is -2.38. The van der Waals surface area contributed by atoms with Gasteiger partial charge in [-0.1, -0.05) is 34.1 Å². The molecule has 2 rings (SSSR count). The summed E-state index contributed by atoms with van der Waals surface area (Å²) in [4.78, 5) is 11.6. The van der Waals surface area contributed by atoms with Crippen LogP contribution in [0.5, 0.6) is 5.75 Å². The van der Waals surface area contributed by atoms with Crippen LogP contribution in [0.25, 0.3) is 0 Å². The summed E-state index contributed by atoms with van der Waals surface area (Å²) in [5.74, 6) is 0.489. The van der Waals surface area contributed by atoms with Gasteiger partial charge in [0, 0.05) is 11.0 Å². The van der Waals surface area contributed by atoms with Crippen molar-refractivity contribution in [3.8, 4) is 5.75 Å².